The van der Waals surface area contributed by atoms with Gasteiger partial charge in [0.15, 0.2) is 5.78 Å². The topological polar surface area (TPSA) is 69.7 Å². The molecule has 0 rings (SSSR count). The Labute approximate surface area is 108 Å². The van der Waals surface area contributed by atoms with E-state index in [4.69, 9.17) is 9.47 Å². The summed E-state index contributed by atoms with van der Waals surface area (Å²) in [6.07, 6.45) is 0.0150. The Bertz CT molecular complexity index is 296. The Hall–Kier alpha value is -1.39. The molecule has 0 amide bonds. The number of Topliss-reactive ketones (excluding diaryl/α,β-unsaturated/α-hetero) is 1. The Balaban J connectivity index is 4.58. The first kappa shape index (κ1) is 16.6. The van der Waals surface area contributed by atoms with Gasteiger partial charge in [-0.25, -0.2) is 0 Å². The zero-order valence-electron chi connectivity index (χ0n) is 11.5. The van der Waals surface area contributed by atoms with Gasteiger partial charge in [0.1, 0.15) is 12.3 Å². The van der Waals surface area contributed by atoms with Crippen molar-refractivity contribution in [3.8, 4) is 0 Å². The highest BCUT2D eigenvalue weighted by Gasteiger charge is 2.30. The minimum atomic E-state index is -0.866. The molecule has 0 bridgehead atoms. The van der Waals surface area contributed by atoms with Gasteiger partial charge in [-0.1, -0.05) is 13.8 Å². The summed E-state index contributed by atoms with van der Waals surface area (Å²) in [6.45, 7) is 7.60. The van der Waals surface area contributed by atoms with Gasteiger partial charge in [-0.2, -0.15) is 0 Å². The number of rotatable bonds is 8. The summed E-state index contributed by atoms with van der Waals surface area (Å²) >= 11 is 0. The maximum atomic E-state index is 11.9. The van der Waals surface area contributed by atoms with Gasteiger partial charge in [-0.15, -0.1) is 0 Å². The lowest BCUT2D eigenvalue weighted by Crippen LogP contribution is -2.29. The third-order valence-electron chi connectivity index (χ3n) is 2.29. The van der Waals surface area contributed by atoms with Gasteiger partial charge in [-0.05, 0) is 26.2 Å². The van der Waals surface area contributed by atoms with Gasteiger partial charge in [0.25, 0.3) is 0 Å². The molecule has 0 saturated carbocycles. The van der Waals surface area contributed by atoms with E-state index in [2.05, 4.69) is 0 Å². The number of carbonyl (C=O) groups is 3. The summed E-state index contributed by atoms with van der Waals surface area (Å²) in [4.78, 5) is 34.8. The van der Waals surface area contributed by atoms with Crippen molar-refractivity contribution in [2.75, 3.05) is 13.2 Å². The summed E-state index contributed by atoms with van der Waals surface area (Å²) in [5.41, 5.74) is 0. The van der Waals surface area contributed by atoms with Crippen molar-refractivity contribution in [1.82, 2.24) is 0 Å². The molecule has 5 nitrogen and oxygen atoms in total. The van der Waals surface area contributed by atoms with Gasteiger partial charge in [0.2, 0.25) is 0 Å². The zero-order chi connectivity index (χ0) is 14.1. The van der Waals surface area contributed by atoms with E-state index >= 15 is 0 Å². The van der Waals surface area contributed by atoms with Crippen LogP contribution >= 0.6 is 0 Å². The van der Waals surface area contributed by atoms with Crippen molar-refractivity contribution in [2.45, 2.75) is 40.5 Å². The molecule has 0 radical (unpaired) electrons. The number of ether oxygens (including phenoxy) is 2. The fraction of sp³-hybridized carbons (Fsp3) is 0.769. The van der Waals surface area contributed by atoms with Crippen molar-refractivity contribution >= 4 is 17.7 Å². The molecule has 1 atom stereocenters. The molecule has 0 aliphatic carbocycles. The van der Waals surface area contributed by atoms with Crippen LogP contribution in [0.15, 0.2) is 0 Å². The molecule has 0 aromatic carbocycles. The van der Waals surface area contributed by atoms with E-state index in [9.17, 15) is 14.4 Å². The second-order valence-electron chi connectivity index (χ2n) is 4.38. The summed E-state index contributed by atoms with van der Waals surface area (Å²) in [5.74, 6) is -2.28. The van der Waals surface area contributed by atoms with Gasteiger partial charge in [0, 0.05) is 0 Å². The molecular weight excluding hydrogens is 236 g/mol. The molecule has 0 heterocycles. The third kappa shape index (κ3) is 6.37. The highest BCUT2D eigenvalue weighted by Crippen LogP contribution is 2.16. The summed E-state index contributed by atoms with van der Waals surface area (Å²) in [7, 11) is 0. The number of ketones is 1. The molecule has 0 aliphatic heterocycles. The fourth-order valence-corrected chi connectivity index (χ4v) is 1.55. The molecule has 0 fully saturated rings. The minimum absolute atomic E-state index is 0.172. The van der Waals surface area contributed by atoms with Crippen LogP contribution in [-0.2, 0) is 23.9 Å². The molecule has 0 aromatic rings. The van der Waals surface area contributed by atoms with Crippen LogP contribution in [0, 0.1) is 11.8 Å². The predicted molar refractivity (Wildman–Crippen MR) is 65.8 cm³/mol. The van der Waals surface area contributed by atoms with Gasteiger partial charge in [0.05, 0.1) is 13.2 Å². The summed E-state index contributed by atoms with van der Waals surface area (Å²) < 4.78 is 9.55. The molecule has 5 heteroatoms. The highest BCUT2D eigenvalue weighted by atomic mass is 16.5. The summed E-state index contributed by atoms with van der Waals surface area (Å²) in [6, 6.07) is 0. The largest absolute Gasteiger partial charge is 0.466 e. The molecule has 18 heavy (non-hydrogen) atoms. The molecule has 0 unspecified atom stereocenters. The first-order valence-electron chi connectivity index (χ1n) is 6.27. The van der Waals surface area contributed by atoms with Gasteiger partial charge in [-0.3, -0.25) is 14.4 Å². The molecule has 0 N–H and O–H groups in total. The van der Waals surface area contributed by atoms with Crippen LogP contribution in [0.25, 0.3) is 0 Å². The first-order valence-corrected chi connectivity index (χ1v) is 6.27. The SMILES string of the molecule is CCOC(=O)CC(=O)[C@@H](CC(C)C)C(=O)OCC. The first-order chi connectivity index (χ1) is 8.42. The van der Waals surface area contributed by atoms with E-state index < -0.39 is 23.6 Å². The normalized spacial score (nSPS) is 12.1. The number of hydrogen-bond donors (Lipinski definition) is 0. The highest BCUT2D eigenvalue weighted by molar-refractivity contribution is 6.06. The van der Waals surface area contributed by atoms with E-state index in [1.165, 1.54) is 0 Å². The Morgan fingerprint density at radius 2 is 1.56 bits per heavy atom. The second kappa shape index (κ2) is 8.66. The number of hydrogen-bond acceptors (Lipinski definition) is 5. The standard InChI is InChI=1S/C13H22O5/c1-5-17-12(15)8-11(14)10(7-9(3)4)13(16)18-6-2/h9-10H,5-8H2,1-4H3/t10-/m1/s1. The van der Waals surface area contributed by atoms with Crippen molar-refractivity contribution in [3.05, 3.63) is 0 Å². The molecule has 0 aromatic heterocycles. The Morgan fingerprint density at radius 1 is 1.00 bits per heavy atom. The maximum Gasteiger partial charge on any atom is 0.316 e. The predicted octanol–water partition coefficient (Wildman–Crippen LogP) is 1.73. The van der Waals surface area contributed by atoms with Crippen LogP contribution in [-0.4, -0.2) is 30.9 Å². The third-order valence-corrected chi connectivity index (χ3v) is 2.29. The quantitative estimate of drug-likeness (QED) is 0.490. The van der Waals surface area contributed by atoms with E-state index in [1.54, 1.807) is 13.8 Å². The lowest BCUT2D eigenvalue weighted by Gasteiger charge is -2.16. The van der Waals surface area contributed by atoms with Gasteiger partial charge >= 0.3 is 11.9 Å². The zero-order valence-corrected chi connectivity index (χ0v) is 11.5. The van der Waals surface area contributed by atoms with E-state index in [-0.39, 0.29) is 25.6 Å². The van der Waals surface area contributed by atoms with E-state index in [0.717, 1.165) is 0 Å². The average Bonchev–Trinajstić information content (AvgIpc) is 2.25. The van der Waals surface area contributed by atoms with Crippen LogP contribution in [0.4, 0.5) is 0 Å². The molecule has 0 aliphatic rings. The van der Waals surface area contributed by atoms with Crippen molar-refractivity contribution in [2.24, 2.45) is 11.8 Å². The van der Waals surface area contributed by atoms with Crippen LogP contribution in [0.5, 0.6) is 0 Å². The van der Waals surface area contributed by atoms with Crippen LogP contribution < -0.4 is 0 Å². The smallest absolute Gasteiger partial charge is 0.316 e. The van der Waals surface area contributed by atoms with Crippen molar-refractivity contribution in [3.63, 3.8) is 0 Å². The number of esters is 2. The molecule has 0 saturated heterocycles. The Morgan fingerprint density at radius 3 is 2.00 bits per heavy atom. The van der Waals surface area contributed by atoms with E-state index in [1.807, 2.05) is 13.8 Å². The average molecular weight is 258 g/mol. The molecule has 0 spiro atoms. The lowest BCUT2D eigenvalue weighted by molar-refractivity contribution is -0.154. The van der Waals surface area contributed by atoms with Crippen LogP contribution in [0.2, 0.25) is 0 Å². The lowest BCUT2D eigenvalue weighted by atomic mass is 9.92. The minimum Gasteiger partial charge on any atom is -0.466 e. The van der Waals surface area contributed by atoms with E-state index in [0.29, 0.717) is 6.42 Å². The second-order valence-corrected chi connectivity index (χ2v) is 4.38. The van der Waals surface area contributed by atoms with Crippen LogP contribution in [0.3, 0.4) is 0 Å². The molecule has 104 valence electrons. The van der Waals surface area contributed by atoms with Gasteiger partial charge < -0.3 is 9.47 Å². The molecular formula is C13H22O5. The number of carbonyl (C=O) groups excluding carboxylic acids is 3. The fourth-order valence-electron chi connectivity index (χ4n) is 1.55. The maximum absolute atomic E-state index is 11.9. The monoisotopic (exact) mass is 258 g/mol. The summed E-state index contributed by atoms with van der Waals surface area (Å²) in [5, 5.41) is 0. The van der Waals surface area contributed by atoms with Crippen molar-refractivity contribution < 1.29 is 23.9 Å². The van der Waals surface area contributed by atoms with Crippen molar-refractivity contribution in [1.29, 1.82) is 0 Å². The Kier molecular flexibility index (Phi) is 8.00. The van der Waals surface area contributed by atoms with Crippen LogP contribution in [0.1, 0.15) is 40.5 Å².